The number of hydrogen-bond acceptors (Lipinski definition) is 6. The summed E-state index contributed by atoms with van der Waals surface area (Å²) in [5.41, 5.74) is 7.27. The predicted molar refractivity (Wildman–Crippen MR) is 154 cm³/mol. The molecule has 5 aromatic heterocycles. The third-order valence-electron chi connectivity index (χ3n) is 7.68. The van der Waals surface area contributed by atoms with Crippen molar-refractivity contribution in [3.8, 4) is 22.4 Å². The minimum Gasteiger partial charge on any atom is -0.346 e. The van der Waals surface area contributed by atoms with E-state index >= 15 is 0 Å². The maximum absolute atomic E-state index is 13.0. The zero-order valence-electron chi connectivity index (χ0n) is 22.4. The Bertz CT molecular complexity index is 1840. The second-order valence-electron chi connectivity index (χ2n) is 10.4. The van der Waals surface area contributed by atoms with E-state index in [-0.39, 0.29) is 5.91 Å². The number of nitrogens with one attached hydrogen (secondary N) is 1. The number of rotatable bonds is 5. The number of pyridine rings is 2. The van der Waals surface area contributed by atoms with Gasteiger partial charge < -0.3 is 14.8 Å². The molecule has 10 heteroatoms. The van der Waals surface area contributed by atoms with Gasteiger partial charge in [-0.25, -0.2) is 14.6 Å². The summed E-state index contributed by atoms with van der Waals surface area (Å²) in [6, 6.07) is 14.0. The smallest absolute Gasteiger partial charge is 0.253 e. The predicted octanol–water partition coefficient (Wildman–Crippen LogP) is 3.81. The van der Waals surface area contributed by atoms with E-state index in [1.807, 2.05) is 84.0 Å². The van der Waals surface area contributed by atoms with E-state index in [1.54, 1.807) is 4.68 Å². The first-order valence-electron chi connectivity index (χ1n) is 13.4. The maximum Gasteiger partial charge on any atom is 0.253 e. The van der Waals surface area contributed by atoms with Crippen molar-refractivity contribution in [1.82, 2.24) is 44.3 Å². The van der Waals surface area contributed by atoms with E-state index in [0.717, 1.165) is 76.2 Å². The maximum atomic E-state index is 13.0. The standard InChI is InChI=1S/C30H29N9O/c1-36-9-11-38(12-10-36)30(40)21-5-3-20(4-6-21)23-13-26-24(15-32-28(26)31-14-23)19-39-29-22(16-34-39)7-8-27(35-29)25-17-33-37(2)18-25/h3-8,13-18H,9-12,19H2,1-2H3,(H,31,32). The number of benzene rings is 1. The Hall–Kier alpha value is -4.83. The molecule has 0 saturated carbocycles. The van der Waals surface area contributed by atoms with Crippen molar-refractivity contribution in [3.63, 3.8) is 0 Å². The molecule has 0 radical (unpaired) electrons. The molecule has 6 heterocycles. The molecule has 7 rings (SSSR count). The quantitative estimate of drug-likeness (QED) is 0.363. The van der Waals surface area contributed by atoms with Crippen LogP contribution in [0.5, 0.6) is 0 Å². The molecule has 0 aliphatic carbocycles. The molecule has 1 aromatic carbocycles. The Morgan fingerprint density at radius 1 is 0.900 bits per heavy atom. The highest BCUT2D eigenvalue weighted by atomic mass is 16.2. The summed E-state index contributed by atoms with van der Waals surface area (Å²) in [7, 11) is 3.99. The molecule has 200 valence electrons. The van der Waals surface area contributed by atoms with E-state index in [1.165, 1.54) is 0 Å². The summed E-state index contributed by atoms with van der Waals surface area (Å²) >= 11 is 0. The lowest BCUT2D eigenvalue weighted by Crippen LogP contribution is -2.47. The van der Waals surface area contributed by atoms with Gasteiger partial charge >= 0.3 is 0 Å². The number of aromatic amines is 1. The van der Waals surface area contributed by atoms with E-state index in [9.17, 15) is 4.79 Å². The van der Waals surface area contributed by atoms with Crippen LogP contribution in [0.15, 0.2) is 73.4 Å². The number of H-pyrrole nitrogens is 1. The van der Waals surface area contributed by atoms with Gasteiger partial charge in [-0.1, -0.05) is 12.1 Å². The lowest BCUT2D eigenvalue weighted by molar-refractivity contribution is 0.0664. The van der Waals surface area contributed by atoms with E-state index in [2.05, 4.69) is 38.2 Å². The molecule has 1 aliphatic heterocycles. The molecule has 1 fully saturated rings. The Morgan fingerprint density at radius 2 is 1.73 bits per heavy atom. The number of aromatic nitrogens is 7. The molecular formula is C30H29N9O. The second kappa shape index (κ2) is 9.73. The van der Waals surface area contributed by atoms with Crippen molar-refractivity contribution < 1.29 is 4.79 Å². The normalized spacial score (nSPS) is 14.4. The molecule has 0 atom stereocenters. The van der Waals surface area contributed by atoms with Crippen LogP contribution in [-0.4, -0.2) is 83.4 Å². The molecule has 1 saturated heterocycles. The van der Waals surface area contributed by atoms with E-state index < -0.39 is 0 Å². The minimum absolute atomic E-state index is 0.0906. The van der Waals surface area contributed by atoms with Crippen LogP contribution in [-0.2, 0) is 13.6 Å². The lowest BCUT2D eigenvalue weighted by atomic mass is 10.0. The molecule has 0 bridgehead atoms. The summed E-state index contributed by atoms with van der Waals surface area (Å²) in [5, 5.41) is 10.9. The Kier molecular flexibility index (Phi) is 5.89. The first-order valence-corrected chi connectivity index (χ1v) is 13.4. The third kappa shape index (κ3) is 4.42. The van der Waals surface area contributed by atoms with Gasteiger partial charge in [0.1, 0.15) is 5.65 Å². The van der Waals surface area contributed by atoms with Gasteiger partial charge in [-0.05, 0) is 42.9 Å². The fourth-order valence-corrected chi connectivity index (χ4v) is 5.29. The van der Waals surface area contributed by atoms with Crippen molar-refractivity contribution in [3.05, 3.63) is 84.6 Å². The first-order chi connectivity index (χ1) is 19.5. The van der Waals surface area contributed by atoms with Gasteiger partial charge in [0.25, 0.3) is 5.91 Å². The van der Waals surface area contributed by atoms with Crippen LogP contribution < -0.4 is 0 Å². The molecule has 1 amide bonds. The summed E-state index contributed by atoms with van der Waals surface area (Å²) in [6.45, 7) is 3.89. The molecule has 0 unspecified atom stereocenters. The second-order valence-corrected chi connectivity index (χ2v) is 10.4. The van der Waals surface area contributed by atoms with Gasteiger partial charge in [0, 0.05) is 84.8 Å². The highest BCUT2D eigenvalue weighted by Crippen LogP contribution is 2.27. The monoisotopic (exact) mass is 531 g/mol. The van der Waals surface area contributed by atoms with Crippen LogP contribution in [0.4, 0.5) is 0 Å². The van der Waals surface area contributed by atoms with Crippen molar-refractivity contribution in [2.24, 2.45) is 7.05 Å². The zero-order valence-corrected chi connectivity index (χ0v) is 22.4. The number of fused-ring (bicyclic) bond motifs is 2. The topological polar surface area (TPSA) is 101 Å². The SMILES string of the molecule is CN1CCN(C(=O)c2ccc(-c3cnc4[nH]cc(Cn5ncc6ccc(-c7cnn(C)c7)nc65)c4c3)cc2)CC1. The van der Waals surface area contributed by atoms with Crippen LogP contribution in [0.3, 0.4) is 0 Å². The summed E-state index contributed by atoms with van der Waals surface area (Å²) in [4.78, 5) is 30.0. The number of amides is 1. The number of carbonyl (C=O) groups excluding carboxylic acids is 1. The van der Waals surface area contributed by atoms with Crippen LogP contribution in [0, 0.1) is 0 Å². The van der Waals surface area contributed by atoms with Gasteiger partial charge in [0.15, 0.2) is 5.65 Å². The summed E-state index contributed by atoms with van der Waals surface area (Å²) in [6.07, 6.45) is 9.47. The lowest BCUT2D eigenvalue weighted by Gasteiger charge is -2.32. The van der Waals surface area contributed by atoms with Crippen LogP contribution in [0.2, 0.25) is 0 Å². The first kappa shape index (κ1) is 24.2. The largest absolute Gasteiger partial charge is 0.346 e. The van der Waals surface area contributed by atoms with Gasteiger partial charge in [0.05, 0.1) is 24.6 Å². The van der Waals surface area contributed by atoms with Gasteiger partial charge in [0.2, 0.25) is 0 Å². The molecule has 0 spiro atoms. The number of carbonyl (C=O) groups is 1. The van der Waals surface area contributed by atoms with E-state index in [0.29, 0.717) is 12.1 Å². The Labute approximate surface area is 230 Å². The van der Waals surface area contributed by atoms with Crippen LogP contribution >= 0.6 is 0 Å². The van der Waals surface area contributed by atoms with Crippen molar-refractivity contribution in [1.29, 1.82) is 0 Å². The number of hydrogen-bond donors (Lipinski definition) is 1. The van der Waals surface area contributed by atoms with Crippen molar-refractivity contribution in [2.45, 2.75) is 6.54 Å². The molecule has 1 aliphatic rings. The van der Waals surface area contributed by atoms with Crippen LogP contribution in [0.25, 0.3) is 44.5 Å². The molecule has 6 aromatic rings. The third-order valence-corrected chi connectivity index (χ3v) is 7.68. The highest BCUT2D eigenvalue weighted by molar-refractivity contribution is 5.95. The average Bonchev–Trinajstić information content (AvgIpc) is 3.72. The van der Waals surface area contributed by atoms with Crippen LogP contribution in [0.1, 0.15) is 15.9 Å². The highest BCUT2D eigenvalue weighted by Gasteiger charge is 2.20. The number of likely N-dealkylation sites (N-methyl/N-ethyl adjacent to an activating group) is 1. The van der Waals surface area contributed by atoms with Gasteiger partial charge in [-0.15, -0.1) is 0 Å². The number of nitrogens with zero attached hydrogens (tertiary/aromatic N) is 8. The zero-order chi connectivity index (χ0) is 27.2. The minimum atomic E-state index is 0.0906. The van der Waals surface area contributed by atoms with E-state index in [4.69, 9.17) is 4.98 Å². The number of piperazine rings is 1. The molecule has 40 heavy (non-hydrogen) atoms. The number of aryl methyl sites for hydroxylation is 1. The van der Waals surface area contributed by atoms with Gasteiger partial charge in [-0.2, -0.15) is 10.2 Å². The fraction of sp³-hybridized carbons (Fsp3) is 0.233. The van der Waals surface area contributed by atoms with Gasteiger partial charge in [-0.3, -0.25) is 9.48 Å². The van der Waals surface area contributed by atoms with Crippen molar-refractivity contribution >= 4 is 28.0 Å². The summed E-state index contributed by atoms with van der Waals surface area (Å²) in [5.74, 6) is 0.0906. The Balaban J connectivity index is 1.15. The average molecular weight is 532 g/mol. The molecule has 10 nitrogen and oxygen atoms in total. The summed E-state index contributed by atoms with van der Waals surface area (Å²) < 4.78 is 3.69. The van der Waals surface area contributed by atoms with Crippen molar-refractivity contribution in [2.75, 3.05) is 33.2 Å². The Morgan fingerprint density at radius 3 is 2.50 bits per heavy atom. The fourth-order valence-electron chi connectivity index (χ4n) is 5.29. The molecular weight excluding hydrogens is 502 g/mol. The molecule has 1 N–H and O–H groups in total.